The first-order chi connectivity index (χ1) is 14.1. The molecule has 5 rings (SSSR count). The molecule has 0 saturated heterocycles. The van der Waals surface area contributed by atoms with Crippen LogP contribution in [0.5, 0.6) is 0 Å². The van der Waals surface area contributed by atoms with E-state index in [4.69, 9.17) is 5.73 Å². The summed E-state index contributed by atoms with van der Waals surface area (Å²) in [5.74, 6) is 0. The van der Waals surface area contributed by atoms with Crippen molar-refractivity contribution in [2.75, 3.05) is 5.73 Å². The van der Waals surface area contributed by atoms with E-state index in [9.17, 15) is 0 Å². The average Bonchev–Trinajstić information content (AvgIpc) is 2.98. The molecule has 3 heteroatoms. The van der Waals surface area contributed by atoms with Gasteiger partial charge in [-0.3, -0.25) is 0 Å². The average molecular weight is 380 g/mol. The lowest BCUT2D eigenvalue weighted by molar-refractivity contribution is 0.861. The van der Waals surface area contributed by atoms with Gasteiger partial charge in [0.1, 0.15) is 0 Å². The monoisotopic (exact) mass is 379 g/mol. The first-order valence-electron chi connectivity index (χ1n) is 10.2. The number of fused-ring (bicyclic) bond motifs is 2. The van der Waals surface area contributed by atoms with Gasteiger partial charge in [0.05, 0.1) is 17.4 Å². The molecular formula is C26H25N3. The summed E-state index contributed by atoms with van der Waals surface area (Å²) in [5.41, 5.74) is 18.3. The van der Waals surface area contributed by atoms with Crippen LogP contribution in [0.25, 0.3) is 22.2 Å². The topological polar surface area (TPSA) is 43.8 Å². The van der Waals surface area contributed by atoms with Crippen molar-refractivity contribution >= 4 is 27.9 Å². The summed E-state index contributed by atoms with van der Waals surface area (Å²) < 4.78 is 2.07. The number of allylic oxidation sites excluding steroid dienone is 1. The number of benzene rings is 3. The van der Waals surface area contributed by atoms with Crippen molar-refractivity contribution in [2.24, 2.45) is 7.05 Å². The fourth-order valence-corrected chi connectivity index (χ4v) is 4.47. The van der Waals surface area contributed by atoms with Crippen LogP contribution < -0.4 is 5.73 Å². The quantitative estimate of drug-likeness (QED) is 0.450. The number of aryl methyl sites for hydroxylation is 3. The van der Waals surface area contributed by atoms with Gasteiger partial charge in [0.2, 0.25) is 0 Å². The highest BCUT2D eigenvalue weighted by atomic mass is 15.0. The van der Waals surface area contributed by atoms with Crippen molar-refractivity contribution < 1.29 is 0 Å². The first-order valence-corrected chi connectivity index (χ1v) is 10.2. The molecule has 0 aliphatic heterocycles. The second-order valence-electron chi connectivity index (χ2n) is 8.05. The van der Waals surface area contributed by atoms with Crippen molar-refractivity contribution in [1.29, 1.82) is 0 Å². The van der Waals surface area contributed by atoms with Crippen molar-refractivity contribution in [1.82, 2.24) is 9.55 Å². The number of rotatable bonds is 2. The summed E-state index contributed by atoms with van der Waals surface area (Å²) in [4.78, 5) is 4.59. The van der Waals surface area contributed by atoms with Crippen LogP contribution in [0.2, 0.25) is 0 Å². The van der Waals surface area contributed by atoms with Crippen LogP contribution in [-0.2, 0) is 13.5 Å². The summed E-state index contributed by atoms with van der Waals surface area (Å²) in [6, 6.07) is 21.9. The van der Waals surface area contributed by atoms with Crippen LogP contribution in [0.3, 0.4) is 0 Å². The number of nitrogens with two attached hydrogens (primary N) is 1. The molecule has 1 aromatic heterocycles. The van der Waals surface area contributed by atoms with Gasteiger partial charge in [-0.1, -0.05) is 42.0 Å². The van der Waals surface area contributed by atoms with Crippen LogP contribution in [0.15, 0.2) is 67.0 Å². The van der Waals surface area contributed by atoms with E-state index in [0.717, 1.165) is 36.0 Å². The maximum atomic E-state index is 6.12. The minimum atomic E-state index is 0.838. The van der Waals surface area contributed by atoms with Gasteiger partial charge in [-0.25, -0.2) is 4.98 Å². The molecule has 2 N–H and O–H groups in total. The highest BCUT2D eigenvalue weighted by Crippen LogP contribution is 2.40. The largest absolute Gasteiger partial charge is 0.399 e. The van der Waals surface area contributed by atoms with Gasteiger partial charge in [0, 0.05) is 12.7 Å². The Morgan fingerprint density at radius 1 is 0.897 bits per heavy atom. The van der Waals surface area contributed by atoms with E-state index in [0.29, 0.717) is 0 Å². The Balaban J connectivity index is 1.79. The normalized spacial score (nSPS) is 14.1. The van der Waals surface area contributed by atoms with Crippen molar-refractivity contribution in [2.45, 2.75) is 26.2 Å². The van der Waals surface area contributed by atoms with Gasteiger partial charge in [-0.2, -0.15) is 0 Å². The van der Waals surface area contributed by atoms with Crippen LogP contribution in [0.1, 0.15) is 40.7 Å². The van der Waals surface area contributed by atoms with Crippen LogP contribution >= 0.6 is 0 Å². The molecule has 0 spiro atoms. The molecule has 4 aromatic rings. The summed E-state index contributed by atoms with van der Waals surface area (Å²) >= 11 is 0. The van der Waals surface area contributed by atoms with Gasteiger partial charge in [-0.05, 0) is 83.9 Å². The third-order valence-electron chi connectivity index (χ3n) is 5.99. The third-order valence-corrected chi connectivity index (χ3v) is 5.99. The summed E-state index contributed by atoms with van der Waals surface area (Å²) in [7, 11) is 2.04. The van der Waals surface area contributed by atoms with E-state index in [1.807, 2.05) is 19.4 Å². The zero-order valence-corrected chi connectivity index (χ0v) is 16.9. The molecule has 0 unspecified atom stereocenters. The van der Waals surface area contributed by atoms with Crippen LogP contribution in [-0.4, -0.2) is 9.55 Å². The van der Waals surface area contributed by atoms with Gasteiger partial charge in [-0.15, -0.1) is 0 Å². The molecule has 1 aliphatic rings. The standard InChI is InChI=1S/C26H25N3/c1-17-6-8-18(9-7-17)26-22(5-3-4-19-14-21(27)11-12-23(19)26)20-10-13-25-24(15-20)28-16-29(25)2/h6-16H,3-5,27H2,1-2H3. The highest BCUT2D eigenvalue weighted by Gasteiger charge is 2.20. The SMILES string of the molecule is Cc1ccc(C2=C(c3ccc4c(c3)ncn4C)CCCc3cc(N)ccc32)cc1. The van der Waals surface area contributed by atoms with E-state index >= 15 is 0 Å². The number of anilines is 1. The van der Waals surface area contributed by atoms with Crippen molar-refractivity contribution in [3.05, 3.63) is 94.8 Å². The Bertz CT molecular complexity index is 1240. The van der Waals surface area contributed by atoms with Crippen LogP contribution in [0, 0.1) is 6.92 Å². The Kier molecular flexibility index (Phi) is 4.24. The maximum Gasteiger partial charge on any atom is 0.0955 e. The predicted octanol–water partition coefficient (Wildman–Crippen LogP) is 5.76. The molecule has 29 heavy (non-hydrogen) atoms. The lowest BCUT2D eigenvalue weighted by Crippen LogP contribution is -1.98. The summed E-state index contributed by atoms with van der Waals surface area (Å²) in [6.07, 6.45) is 5.08. The Morgan fingerprint density at radius 3 is 2.52 bits per heavy atom. The number of hydrogen-bond acceptors (Lipinski definition) is 2. The van der Waals surface area contributed by atoms with E-state index in [1.54, 1.807) is 0 Å². The zero-order valence-electron chi connectivity index (χ0n) is 16.9. The molecule has 0 fully saturated rings. The minimum Gasteiger partial charge on any atom is -0.399 e. The number of nitrogen functional groups attached to an aromatic ring is 1. The second kappa shape index (κ2) is 6.93. The molecule has 0 saturated carbocycles. The number of aromatic nitrogens is 2. The molecular weight excluding hydrogens is 354 g/mol. The number of imidazole rings is 1. The highest BCUT2D eigenvalue weighted by molar-refractivity contribution is 6.01. The number of nitrogens with zero attached hydrogens (tertiary/aromatic N) is 2. The molecule has 0 atom stereocenters. The molecule has 1 heterocycles. The fourth-order valence-electron chi connectivity index (χ4n) is 4.47. The fraction of sp³-hybridized carbons (Fsp3) is 0.192. The van der Waals surface area contributed by atoms with Gasteiger partial charge in [0.15, 0.2) is 0 Å². The molecule has 0 radical (unpaired) electrons. The van der Waals surface area contributed by atoms with E-state index < -0.39 is 0 Å². The zero-order chi connectivity index (χ0) is 20.0. The maximum absolute atomic E-state index is 6.12. The van der Waals surface area contributed by atoms with E-state index in [-0.39, 0.29) is 0 Å². The van der Waals surface area contributed by atoms with Gasteiger partial charge >= 0.3 is 0 Å². The second-order valence-corrected chi connectivity index (χ2v) is 8.05. The molecule has 144 valence electrons. The lowest BCUT2D eigenvalue weighted by Gasteiger charge is -2.17. The molecule has 0 amide bonds. The smallest absolute Gasteiger partial charge is 0.0955 e. The lowest BCUT2D eigenvalue weighted by atomic mass is 9.87. The number of hydrogen-bond donors (Lipinski definition) is 1. The molecule has 3 aromatic carbocycles. The minimum absolute atomic E-state index is 0.838. The Labute approximate surface area is 171 Å². The Morgan fingerprint density at radius 2 is 1.69 bits per heavy atom. The van der Waals surface area contributed by atoms with Crippen LogP contribution in [0.4, 0.5) is 5.69 Å². The van der Waals surface area contributed by atoms with Crippen molar-refractivity contribution in [3.63, 3.8) is 0 Å². The third kappa shape index (κ3) is 3.13. The molecule has 3 nitrogen and oxygen atoms in total. The molecule has 0 bridgehead atoms. The summed E-state index contributed by atoms with van der Waals surface area (Å²) in [6.45, 7) is 2.13. The van der Waals surface area contributed by atoms with Gasteiger partial charge in [0.25, 0.3) is 0 Å². The van der Waals surface area contributed by atoms with Crippen molar-refractivity contribution in [3.8, 4) is 0 Å². The summed E-state index contributed by atoms with van der Waals surface area (Å²) in [5, 5.41) is 0. The molecule has 1 aliphatic carbocycles. The predicted molar refractivity (Wildman–Crippen MR) is 122 cm³/mol. The Hall–Kier alpha value is -3.33. The first kappa shape index (κ1) is 17.7. The van der Waals surface area contributed by atoms with Gasteiger partial charge < -0.3 is 10.3 Å². The van der Waals surface area contributed by atoms with E-state index in [2.05, 4.69) is 71.1 Å². The van der Waals surface area contributed by atoms with E-state index in [1.165, 1.54) is 39.0 Å².